The predicted octanol–water partition coefficient (Wildman–Crippen LogP) is 4.55. The highest BCUT2D eigenvalue weighted by Gasteiger charge is 2.19. The topological polar surface area (TPSA) is 47.6 Å². The standard InChI is InChI=1S/C21H27NO3/c1-21(2,3)25-20(23)22-15-18(13-16-9-6-5-7-10-16)17-11-8-12-19(14-17)24-4/h5-12,14,18H,13,15H2,1-4H3,(H,22,23)/t18-/m1/s1. The zero-order chi connectivity index (χ0) is 18.3. The quantitative estimate of drug-likeness (QED) is 0.839. The molecule has 0 unspecified atom stereocenters. The molecule has 4 nitrogen and oxygen atoms in total. The number of rotatable bonds is 6. The number of carbonyl (C=O) groups is 1. The zero-order valence-corrected chi connectivity index (χ0v) is 15.4. The summed E-state index contributed by atoms with van der Waals surface area (Å²) in [6.07, 6.45) is 0.428. The molecule has 2 aromatic carbocycles. The van der Waals surface area contributed by atoms with Crippen LogP contribution in [0.15, 0.2) is 54.6 Å². The van der Waals surface area contributed by atoms with Crippen LogP contribution in [-0.4, -0.2) is 25.3 Å². The molecule has 2 aromatic rings. The first kappa shape index (κ1) is 18.8. The van der Waals surface area contributed by atoms with Crippen molar-refractivity contribution in [1.29, 1.82) is 0 Å². The number of carbonyl (C=O) groups excluding carboxylic acids is 1. The van der Waals surface area contributed by atoms with Gasteiger partial charge < -0.3 is 14.8 Å². The first-order valence-corrected chi connectivity index (χ1v) is 8.52. The first-order valence-electron chi connectivity index (χ1n) is 8.52. The van der Waals surface area contributed by atoms with Crippen LogP contribution in [0.25, 0.3) is 0 Å². The van der Waals surface area contributed by atoms with Crippen LogP contribution in [0.2, 0.25) is 0 Å². The lowest BCUT2D eigenvalue weighted by molar-refractivity contribution is 0.0524. The molecule has 0 aromatic heterocycles. The number of ether oxygens (including phenoxy) is 2. The Labute approximate surface area is 150 Å². The number of nitrogens with one attached hydrogen (secondary N) is 1. The van der Waals surface area contributed by atoms with Crippen molar-refractivity contribution in [3.05, 3.63) is 65.7 Å². The van der Waals surface area contributed by atoms with Gasteiger partial charge in [0, 0.05) is 12.5 Å². The molecule has 1 amide bonds. The fourth-order valence-electron chi connectivity index (χ4n) is 2.62. The van der Waals surface area contributed by atoms with Crippen LogP contribution in [0.3, 0.4) is 0 Å². The Bertz CT molecular complexity index is 677. The monoisotopic (exact) mass is 341 g/mol. The molecule has 0 aliphatic carbocycles. The van der Waals surface area contributed by atoms with Crippen LogP contribution in [-0.2, 0) is 11.2 Å². The summed E-state index contributed by atoms with van der Waals surface area (Å²) in [4.78, 5) is 12.0. The molecule has 25 heavy (non-hydrogen) atoms. The number of hydrogen-bond donors (Lipinski definition) is 1. The molecule has 0 bridgehead atoms. The molecule has 0 radical (unpaired) electrons. The second-order valence-corrected chi connectivity index (χ2v) is 7.05. The maximum atomic E-state index is 12.0. The fourth-order valence-corrected chi connectivity index (χ4v) is 2.62. The summed E-state index contributed by atoms with van der Waals surface area (Å²) < 4.78 is 10.7. The second-order valence-electron chi connectivity index (χ2n) is 7.05. The van der Waals surface area contributed by atoms with Crippen LogP contribution in [0.1, 0.15) is 37.8 Å². The Balaban J connectivity index is 2.12. The number of amides is 1. The largest absolute Gasteiger partial charge is 0.497 e. The van der Waals surface area contributed by atoms with E-state index in [0.29, 0.717) is 6.54 Å². The summed E-state index contributed by atoms with van der Waals surface area (Å²) in [7, 11) is 1.66. The van der Waals surface area contributed by atoms with E-state index >= 15 is 0 Å². The molecule has 0 spiro atoms. The van der Waals surface area contributed by atoms with Gasteiger partial charge in [-0.3, -0.25) is 0 Å². The Morgan fingerprint density at radius 2 is 1.80 bits per heavy atom. The first-order chi connectivity index (χ1) is 11.9. The third-order valence-electron chi connectivity index (χ3n) is 3.78. The third kappa shape index (κ3) is 6.49. The van der Waals surface area contributed by atoms with E-state index in [1.165, 1.54) is 5.56 Å². The van der Waals surface area contributed by atoms with Gasteiger partial charge in [0.05, 0.1) is 7.11 Å². The van der Waals surface area contributed by atoms with E-state index in [9.17, 15) is 4.79 Å². The molecule has 134 valence electrons. The van der Waals surface area contributed by atoms with Crippen LogP contribution >= 0.6 is 0 Å². The Morgan fingerprint density at radius 3 is 2.44 bits per heavy atom. The van der Waals surface area contributed by atoms with E-state index in [4.69, 9.17) is 9.47 Å². The Morgan fingerprint density at radius 1 is 1.08 bits per heavy atom. The van der Waals surface area contributed by atoms with Crippen molar-refractivity contribution < 1.29 is 14.3 Å². The average molecular weight is 341 g/mol. The highest BCUT2D eigenvalue weighted by molar-refractivity contribution is 5.67. The highest BCUT2D eigenvalue weighted by atomic mass is 16.6. The van der Waals surface area contributed by atoms with Gasteiger partial charge in [-0.25, -0.2) is 4.79 Å². The maximum absolute atomic E-state index is 12.0. The van der Waals surface area contributed by atoms with Gasteiger partial charge in [-0.15, -0.1) is 0 Å². The molecule has 4 heteroatoms. The lowest BCUT2D eigenvalue weighted by Gasteiger charge is -2.22. The molecule has 0 saturated carbocycles. The molecule has 2 rings (SSSR count). The molecule has 0 heterocycles. The van der Waals surface area contributed by atoms with Crippen molar-refractivity contribution in [2.45, 2.75) is 38.7 Å². The van der Waals surface area contributed by atoms with Crippen molar-refractivity contribution in [3.63, 3.8) is 0 Å². The van der Waals surface area contributed by atoms with E-state index in [2.05, 4.69) is 23.5 Å². The second kappa shape index (κ2) is 8.56. The van der Waals surface area contributed by atoms with Crippen molar-refractivity contribution in [3.8, 4) is 5.75 Å². The van der Waals surface area contributed by atoms with Crippen LogP contribution < -0.4 is 10.1 Å². The Kier molecular flexibility index (Phi) is 6.45. The van der Waals surface area contributed by atoms with Crippen molar-refractivity contribution >= 4 is 6.09 Å². The van der Waals surface area contributed by atoms with Gasteiger partial charge in [-0.05, 0) is 50.5 Å². The minimum absolute atomic E-state index is 0.130. The van der Waals surface area contributed by atoms with Crippen LogP contribution in [0.4, 0.5) is 4.79 Å². The van der Waals surface area contributed by atoms with Gasteiger partial charge in [0.2, 0.25) is 0 Å². The molecule has 1 atom stereocenters. The predicted molar refractivity (Wildman–Crippen MR) is 100 cm³/mol. The summed E-state index contributed by atoms with van der Waals surface area (Å²) in [6, 6.07) is 18.2. The minimum Gasteiger partial charge on any atom is -0.497 e. The lowest BCUT2D eigenvalue weighted by Crippen LogP contribution is -2.35. The lowest BCUT2D eigenvalue weighted by atomic mass is 9.91. The summed E-state index contributed by atoms with van der Waals surface area (Å²) >= 11 is 0. The van der Waals surface area contributed by atoms with E-state index in [1.54, 1.807) is 7.11 Å². The number of hydrogen-bond acceptors (Lipinski definition) is 3. The number of methoxy groups -OCH3 is 1. The zero-order valence-electron chi connectivity index (χ0n) is 15.4. The summed E-state index contributed by atoms with van der Waals surface area (Å²) in [6.45, 7) is 6.07. The van der Waals surface area contributed by atoms with Gasteiger partial charge in [0.15, 0.2) is 0 Å². The summed E-state index contributed by atoms with van der Waals surface area (Å²) in [5.41, 5.74) is 1.84. The average Bonchev–Trinajstić information content (AvgIpc) is 2.58. The highest BCUT2D eigenvalue weighted by Crippen LogP contribution is 2.24. The van der Waals surface area contributed by atoms with Gasteiger partial charge in [-0.2, -0.15) is 0 Å². The summed E-state index contributed by atoms with van der Waals surface area (Å²) in [5, 5.41) is 2.89. The van der Waals surface area contributed by atoms with Gasteiger partial charge in [0.1, 0.15) is 11.4 Å². The summed E-state index contributed by atoms with van der Waals surface area (Å²) in [5.74, 6) is 0.942. The Hall–Kier alpha value is -2.49. The third-order valence-corrected chi connectivity index (χ3v) is 3.78. The molecule has 0 aliphatic rings. The van der Waals surface area contributed by atoms with Gasteiger partial charge in [-0.1, -0.05) is 42.5 Å². The SMILES string of the molecule is COc1cccc([C@@H](CNC(=O)OC(C)(C)C)Cc2ccccc2)c1. The minimum atomic E-state index is -0.505. The molecule has 0 aliphatic heterocycles. The fraction of sp³-hybridized carbons (Fsp3) is 0.381. The maximum Gasteiger partial charge on any atom is 0.407 e. The van der Waals surface area contributed by atoms with E-state index < -0.39 is 11.7 Å². The van der Waals surface area contributed by atoms with E-state index in [0.717, 1.165) is 17.7 Å². The van der Waals surface area contributed by atoms with Crippen molar-refractivity contribution in [2.24, 2.45) is 0 Å². The molecular formula is C21H27NO3. The van der Waals surface area contributed by atoms with Crippen LogP contribution in [0.5, 0.6) is 5.75 Å². The number of benzene rings is 2. The normalized spacial score (nSPS) is 12.3. The van der Waals surface area contributed by atoms with E-state index in [1.807, 2.05) is 57.2 Å². The molecule has 0 saturated heterocycles. The smallest absolute Gasteiger partial charge is 0.407 e. The van der Waals surface area contributed by atoms with Gasteiger partial charge >= 0.3 is 6.09 Å². The van der Waals surface area contributed by atoms with Crippen LogP contribution in [0, 0.1) is 0 Å². The van der Waals surface area contributed by atoms with Gasteiger partial charge in [0.25, 0.3) is 0 Å². The van der Waals surface area contributed by atoms with E-state index in [-0.39, 0.29) is 5.92 Å². The molecule has 0 fully saturated rings. The molecule has 1 N–H and O–H groups in total. The van der Waals surface area contributed by atoms with Crippen molar-refractivity contribution in [2.75, 3.05) is 13.7 Å². The molecular weight excluding hydrogens is 314 g/mol. The van der Waals surface area contributed by atoms with Crippen molar-refractivity contribution in [1.82, 2.24) is 5.32 Å². The number of alkyl carbamates (subject to hydrolysis) is 1.